The molecular formula is C59H80IN3O23S3. The molecule has 0 spiro atoms. The number of likely N-dealkylation sites (N-methyl/N-ethyl adjacent to an activating group) is 1. The fourth-order valence-electron chi connectivity index (χ4n) is 11.1. The van der Waals surface area contributed by atoms with Gasteiger partial charge in [0.15, 0.2) is 41.8 Å². The van der Waals surface area contributed by atoms with E-state index < -0.39 is 145 Å². The number of aliphatic carboxylic acids is 1. The van der Waals surface area contributed by atoms with Crippen LogP contribution in [-0.2, 0) is 57.1 Å². The molecule has 0 aromatic heterocycles. The van der Waals surface area contributed by atoms with Gasteiger partial charge in [0.05, 0.1) is 104 Å². The number of fused-ring (bicyclic) bond motifs is 2. The maximum absolute atomic E-state index is 14.5. The number of halogens is 1. The third-order valence-corrected chi connectivity index (χ3v) is 21.1. The number of aliphatic hydroxyl groups is 5. The second-order valence-corrected chi connectivity index (χ2v) is 27.1. The van der Waals surface area contributed by atoms with Crippen LogP contribution in [0.5, 0.6) is 17.2 Å². The van der Waals surface area contributed by atoms with E-state index in [0.29, 0.717) is 21.4 Å². The predicted octanol–water partition coefficient (Wildman–Crippen LogP) is 3.12. The van der Waals surface area contributed by atoms with Gasteiger partial charge >= 0.3 is 12.1 Å². The SMILES string of the molecule is CCN(CC(=O)O)[C@H]1CO[C@@H](O[C@H]2[C@H](O[C@H]3C#C/C=C\C#C[C@]4(O)CC(=O)C(NC(=O)OC)=C3/C4=C\CSSC(C)C)O[C@H](C)[C@@H](NO[C@H]3C[C@H](O)[C@H](SC(=O)c4c(C)c(I)c(O[C@@H]5O[C@@H](C)[C@H](O)[C@@H](OC)[C@H]5O)c(OC)c4OC)[C@@H](C)O3)[C@@H]2O)C[C@@H]1OC. The maximum atomic E-state index is 14.5. The lowest BCUT2D eigenvalue weighted by Crippen LogP contribution is -2.65. The van der Waals surface area contributed by atoms with Crippen LogP contribution in [0.15, 0.2) is 35.1 Å². The number of carboxylic acids is 1. The predicted molar refractivity (Wildman–Crippen MR) is 332 cm³/mol. The Morgan fingerprint density at radius 2 is 1.60 bits per heavy atom. The van der Waals surface area contributed by atoms with Crippen LogP contribution in [0.3, 0.4) is 0 Å². The minimum absolute atomic E-state index is 0.00882. The van der Waals surface area contributed by atoms with E-state index >= 15 is 0 Å². The van der Waals surface area contributed by atoms with Crippen molar-refractivity contribution in [3.63, 3.8) is 0 Å². The number of thioether (sulfide) groups is 1. The van der Waals surface area contributed by atoms with Crippen LogP contribution < -0.4 is 25.0 Å². The molecule has 8 N–H and O–H groups in total. The lowest BCUT2D eigenvalue weighted by Gasteiger charge is -2.47. The highest BCUT2D eigenvalue weighted by molar-refractivity contribution is 14.1. The molecule has 4 saturated heterocycles. The number of hydrogen-bond acceptors (Lipinski definition) is 27. The molecule has 4 heterocycles. The molecule has 2 aliphatic carbocycles. The summed E-state index contributed by atoms with van der Waals surface area (Å²) in [4.78, 5) is 61.3. The van der Waals surface area contributed by atoms with Crippen molar-refractivity contribution in [2.75, 3.05) is 61.0 Å². The Morgan fingerprint density at radius 1 is 0.888 bits per heavy atom. The highest BCUT2D eigenvalue weighted by Gasteiger charge is 2.52. The zero-order valence-corrected chi connectivity index (χ0v) is 55.9. The molecule has 0 unspecified atom stereocenters. The lowest BCUT2D eigenvalue weighted by atomic mass is 9.75. The zero-order valence-electron chi connectivity index (χ0n) is 51.3. The molecule has 4 aliphatic heterocycles. The van der Waals surface area contributed by atoms with Gasteiger partial charge in [-0.1, -0.05) is 83.9 Å². The van der Waals surface area contributed by atoms with Gasteiger partial charge in [0.1, 0.15) is 36.6 Å². The molecule has 0 radical (unpaired) electrons. The molecule has 1 aromatic rings. The molecule has 6 aliphatic rings. The van der Waals surface area contributed by atoms with Gasteiger partial charge in [0.2, 0.25) is 17.2 Å². The number of rotatable bonds is 24. The first-order chi connectivity index (χ1) is 42.3. The van der Waals surface area contributed by atoms with Gasteiger partial charge in [-0.05, 0) is 74.5 Å². The third-order valence-electron chi connectivity index (χ3n) is 15.6. The number of amides is 1. The number of Topliss-reactive ketones (excluding diaryl/α,β-unsaturated/α-hetero) is 1. The summed E-state index contributed by atoms with van der Waals surface area (Å²) in [6, 6.07) is -1.66. The number of ketones is 1. The van der Waals surface area contributed by atoms with Crippen LogP contribution in [0.2, 0.25) is 0 Å². The van der Waals surface area contributed by atoms with Crippen molar-refractivity contribution in [3.8, 4) is 40.9 Å². The molecule has 0 saturated carbocycles. The van der Waals surface area contributed by atoms with E-state index in [0.717, 1.165) is 18.9 Å². The molecule has 2 bridgehead atoms. The van der Waals surface area contributed by atoms with Gasteiger partial charge in [-0.3, -0.25) is 29.4 Å². The number of alkyl carbamates (subject to hydrolysis) is 1. The fourth-order valence-corrected chi connectivity index (χ4v) is 14.7. The average Bonchev–Trinajstić information content (AvgIpc) is 0.792. The number of carbonyl (C=O) groups is 4. The van der Waals surface area contributed by atoms with E-state index in [1.807, 2.05) is 43.4 Å². The summed E-state index contributed by atoms with van der Waals surface area (Å²) in [7, 11) is 9.70. The Bertz CT molecular complexity index is 2910. The van der Waals surface area contributed by atoms with E-state index in [1.54, 1.807) is 49.5 Å². The Hall–Kier alpha value is -3.82. The van der Waals surface area contributed by atoms with Crippen LogP contribution >= 0.6 is 55.9 Å². The number of benzene rings is 1. The molecule has 4 fully saturated rings. The van der Waals surface area contributed by atoms with E-state index in [9.17, 15) is 49.8 Å². The van der Waals surface area contributed by atoms with Crippen LogP contribution in [0.4, 0.5) is 4.79 Å². The number of aliphatic hydroxyl groups excluding tert-OH is 4. The number of hydrogen-bond donors (Lipinski definition) is 8. The van der Waals surface area contributed by atoms with Crippen molar-refractivity contribution < 1.29 is 111 Å². The van der Waals surface area contributed by atoms with Gasteiger partial charge in [0, 0.05) is 49.2 Å². The van der Waals surface area contributed by atoms with Crippen molar-refractivity contribution >= 4 is 78.9 Å². The fraction of sp³-hybridized carbons (Fsp3) is 0.661. The molecule has 26 nitrogen and oxygen atoms in total. The topological polar surface area (TPSA) is 337 Å². The standard InChI is InChI=1S/C59H80IN3O23S3/c1-13-63(25-38(66)67)33-26-79-39(23-37(33)74-8)84-52-47(69)44(29(5)81-57(52)83-36-18-16-14-15-17-20-59(73)24-35(65)45(61-58(72)78-12)42(36)32(59)19-21-87-89-27(2)3)62-86-40-22-34(64)54(31(7)80-40)88-55(71)41-28(4)43(60)50(53(77-11)49(41)75-9)85-56-48(70)51(76-10)46(68)30(6)82-56/h14-15,19,27,29-31,33-34,36-37,39-40,44,46-48,51-52,54,56-57,62,64,68-70,73H,13,21-26H2,1-12H3,(H,61,72)(H,66,67)/b15-14-,32-19+/t29-,30+,31-,33+,34+,36+,37+,39+,40+,44-,46+,47+,48-,51-,52-,54-,56+,57+,59+/m1/s1. The summed E-state index contributed by atoms with van der Waals surface area (Å²) < 4.78 is 72.7. The first-order valence-electron chi connectivity index (χ1n) is 28.7. The van der Waals surface area contributed by atoms with Crippen LogP contribution in [0.25, 0.3) is 0 Å². The van der Waals surface area contributed by atoms with Crippen molar-refractivity contribution in [1.29, 1.82) is 0 Å². The van der Waals surface area contributed by atoms with Crippen molar-refractivity contribution in [2.24, 2.45) is 0 Å². The van der Waals surface area contributed by atoms with Gasteiger partial charge in [-0.2, -0.15) is 5.48 Å². The number of carboxylic acid groups (broad SMARTS) is 1. The number of carbonyl (C=O) groups excluding carboxylic acids is 3. The Morgan fingerprint density at radius 3 is 2.24 bits per heavy atom. The first kappa shape index (κ1) is 72.6. The van der Waals surface area contributed by atoms with Crippen molar-refractivity contribution in [1.82, 2.24) is 15.7 Å². The second kappa shape index (κ2) is 32.8. The number of allylic oxidation sites excluding steroid dienone is 3. The van der Waals surface area contributed by atoms with Crippen LogP contribution in [0, 0.1) is 34.2 Å². The van der Waals surface area contributed by atoms with E-state index in [2.05, 4.69) is 34.5 Å². The molecule has 30 heteroatoms. The highest BCUT2D eigenvalue weighted by Crippen LogP contribution is 2.49. The average molecular weight is 1420 g/mol. The largest absolute Gasteiger partial charge is 0.492 e. The smallest absolute Gasteiger partial charge is 0.411 e. The number of methoxy groups -OCH3 is 5. The summed E-state index contributed by atoms with van der Waals surface area (Å²) in [6.07, 6.45) is -15.1. The normalized spacial score (nSPS) is 34.7. The van der Waals surface area contributed by atoms with Gasteiger partial charge in [0.25, 0.3) is 0 Å². The quantitative estimate of drug-likeness (QED) is 0.0242. The molecule has 494 valence electrons. The Kier molecular flexibility index (Phi) is 26.8. The van der Waals surface area contributed by atoms with Gasteiger partial charge in [-0.15, -0.1) is 0 Å². The van der Waals surface area contributed by atoms with Crippen molar-refractivity contribution in [3.05, 3.63) is 49.8 Å². The van der Waals surface area contributed by atoms with Crippen LogP contribution in [-0.4, -0.2) is 240 Å². The minimum atomic E-state index is -2.10. The first-order valence-corrected chi connectivity index (χ1v) is 33.1. The van der Waals surface area contributed by atoms with Crippen LogP contribution in [0.1, 0.15) is 76.7 Å². The van der Waals surface area contributed by atoms with E-state index in [-0.39, 0.29) is 70.9 Å². The summed E-state index contributed by atoms with van der Waals surface area (Å²) in [5, 5.41) is 69.5. The maximum Gasteiger partial charge on any atom is 0.411 e. The van der Waals surface area contributed by atoms with E-state index in [4.69, 9.17) is 61.7 Å². The number of nitrogens with zero attached hydrogens (tertiary/aromatic N) is 1. The molecule has 1 amide bonds. The van der Waals surface area contributed by atoms with E-state index in [1.165, 1.54) is 51.4 Å². The summed E-state index contributed by atoms with van der Waals surface area (Å²) in [5.41, 5.74) is 1.09. The lowest BCUT2D eigenvalue weighted by molar-refractivity contribution is -0.337. The third kappa shape index (κ3) is 17.1. The number of hydroxylamine groups is 1. The minimum Gasteiger partial charge on any atom is -0.492 e. The van der Waals surface area contributed by atoms with Gasteiger partial charge in [-0.25, -0.2) is 4.79 Å². The molecule has 89 heavy (non-hydrogen) atoms. The second-order valence-electron chi connectivity index (χ2n) is 21.8. The molecule has 19 atom stereocenters. The zero-order chi connectivity index (χ0) is 65.2. The highest BCUT2D eigenvalue weighted by atomic mass is 127. The molecule has 1 aromatic carbocycles. The monoisotopic (exact) mass is 1420 g/mol. The summed E-state index contributed by atoms with van der Waals surface area (Å²) >= 11 is 2.79. The van der Waals surface area contributed by atoms with Gasteiger partial charge < -0.3 is 87.5 Å². The summed E-state index contributed by atoms with van der Waals surface area (Å²) in [5.74, 6) is 10.1. The Balaban J connectivity index is 1.14. The Labute approximate surface area is 542 Å². The summed E-state index contributed by atoms with van der Waals surface area (Å²) in [6.45, 7) is 12.4. The number of nitrogens with one attached hydrogen (secondary N) is 2. The van der Waals surface area contributed by atoms with Crippen molar-refractivity contribution in [2.45, 2.75) is 188 Å². The molecular weight excluding hydrogens is 1340 g/mol. The molecule has 7 rings (SSSR count). The number of ether oxygens (including phenoxy) is 12.